The molecular weight excluding hydrogens is 266 g/mol. The fraction of sp³-hybridized carbons (Fsp3) is 0.438. The lowest BCUT2D eigenvalue weighted by Crippen LogP contribution is -2.31. The largest absolute Gasteiger partial charge is 0.368 e. The number of nitrogens with two attached hydrogens (primary N) is 1. The van der Waals surface area contributed by atoms with Crippen molar-refractivity contribution in [2.24, 2.45) is 5.73 Å². The Kier molecular flexibility index (Phi) is 3.27. The predicted molar refractivity (Wildman–Crippen MR) is 81.3 cm³/mol. The summed E-state index contributed by atoms with van der Waals surface area (Å²) in [5, 5.41) is 5.88. The second-order valence-electron chi connectivity index (χ2n) is 6.05. The summed E-state index contributed by atoms with van der Waals surface area (Å²) in [6.07, 6.45) is 2.43. The molecule has 2 aromatic rings. The molecule has 0 atom stereocenters. The Bertz CT molecular complexity index is 773. The number of nitrogens with zero attached hydrogens (tertiary/aromatic N) is 2. The molecule has 0 saturated heterocycles. The first-order chi connectivity index (χ1) is 9.97. The number of fused-ring (bicyclic) bond motifs is 1. The molecule has 1 aliphatic carbocycles. The first-order valence-electron chi connectivity index (χ1n) is 7.30. The van der Waals surface area contributed by atoms with E-state index in [0.717, 1.165) is 11.1 Å². The van der Waals surface area contributed by atoms with Crippen LogP contribution in [0.5, 0.6) is 0 Å². The van der Waals surface area contributed by atoms with Crippen LogP contribution in [0.4, 0.5) is 0 Å². The van der Waals surface area contributed by atoms with Gasteiger partial charge in [-0.2, -0.15) is 5.10 Å². The minimum Gasteiger partial charge on any atom is -0.368 e. The highest BCUT2D eigenvalue weighted by Gasteiger charge is 2.24. The van der Waals surface area contributed by atoms with Crippen molar-refractivity contribution >= 4 is 16.7 Å². The summed E-state index contributed by atoms with van der Waals surface area (Å²) in [5.41, 5.74) is 7.06. The molecule has 1 fully saturated rings. The molecule has 1 aromatic heterocycles. The van der Waals surface area contributed by atoms with Crippen LogP contribution in [0, 0.1) is 0 Å². The first kappa shape index (κ1) is 13.8. The van der Waals surface area contributed by atoms with Gasteiger partial charge in [-0.15, -0.1) is 0 Å². The minimum absolute atomic E-state index is 0.168. The Morgan fingerprint density at radius 2 is 2.10 bits per heavy atom. The summed E-state index contributed by atoms with van der Waals surface area (Å²) >= 11 is 0. The van der Waals surface area contributed by atoms with Crippen LogP contribution in [0.3, 0.4) is 0 Å². The van der Waals surface area contributed by atoms with Gasteiger partial charge in [0.1, 0.15) is 6.54 Å². The number of aromatic nitrogens is 2. The second kappa shape index (κ2) is 4.98. The van der Waals surface area contributed by atoms with Gasteiger partial charge in [-0.05, 0) is 42.4 Å². The van der Waals surface area contributed by atoms with Gasteiger partial charge < -0.3 is 5.73 Å². The molecule has 1 saturated carbocycles. The summed E-state index contributed by atoms with van der Waals surface area (Å²) < 4.78 is 1.18. The fourth-order valence-electron chi connectivity index (χ4n) is 2.68. The predicted octanol–water partition coefficient (Wildman–Crippen LogP) is 1.88. The maximum atomic E-state index is 12.4. The zero-order chi connectivity index (χ0) is 15.1. The van der Waals surface area contributed by atoms with E-state index in [1.165, 1.54) is 23.1 Å². The molecule has 0 spiro atoms. The van der Waals surface area contributed by atoms with E-state index in [-0.39, 0.29) is 18.0 Å². The SMILES string of the molecule is CC(C)c1nn(CC(N)=O)c(=O)c2ccc(C3CC3)cc12. The van der Waals surface area contributed by atoms with E-state index in [1.54, 1.807) is 0 Å². The van der Waals surface area contributed by atoms with E-state index in [9.17, 15) is 9.59 Å². The van der Waals surface area contributed by atoms with Crippen LogP contribution in [-0.4, -0.2) is 15.7 Å². The first-order valence-corrected chi connectivity index (χ1v) is 7.30. The molecule has 5 heteroatoms. The van der Waals surface area contributed by atoms with Crippen molar-refractivity contribution in [3.8, 4) is 0 Å². The molecule has 110 valence electrons. The summed E-state index contributed by atoms with van der Waals surface area (Å²) in [4.78, 5) is 23.5. The molecule has 0 aliphatic heterocycles. The van der Waals surface area contributed by atoms with Gasteiger partial charge in [-0.1, -0.05) is 19.9 Å². The maximum Gasteiger partial charge on any atom is 0.275 e. The van der Waals surface area contributed by atoms with Gasteiger partial charge in [0.05, 0.1) is 11.1 Å². The van der Waals surface area contributed by atoms with E-state index in [4.69, 9.17) is 5.73 Å². The minimum atomic E-state index is -0.562. The van der Waals surface area contributed by atoms with Crippen molar-refractivity contribution in [2.75, 3.05) is 0 Å². The van der Waals surface area contributed by atoms with Crippen molar-refractivity contribution in [3.63, 3.8) is 0 Å². The van der Waals surface area contributed by atoms with Crippen molar-refractivity contribution < 1.29 is 4.79 Å². The van der Waals surface area contributed by atoms with Gasteiger partial charge in [-0.3, -0.25) is 9.59 Å². The van der Waals surface area contributed by atoms with Crippen LogP contribution in [0.15, 0.2) is 23.0 Å². The van der Waals surface area contributed by atoms with Crippen LogP contribution in [0.1, 0.15) is 49.8 Å². The third-order valence-corrected chi connectivity index (χ3v) is 3.91. The summed E-state index contributed by atoms with van der Waals surface area (Å²) in [6.45, 7) is 3.88. The third kappa shape index (κ3) is 2.55. The number of carbonyl (C=O) groups is 1. The zero-order valence-corrected chi connectivity index (χ0v) is 12.3. The standard InChI is InChI=1S/C16H19N3O2/c1-9(2)15-13-7-11(10-3-4-10)5-6-12(13)16(21)19(18-15)8-14(17)20/h5-7,9-10H,3-4,8H2,1-2H3,(H2,17,20). The monoisotopic (exact) mass is 285 g/mol. The van der Waals surface area contributed by atoms with Gasteiger partial charge in [0.2, 0.25) is 5.91 Å². The molecule has 0 bridgehead atoms. The average molecular weight is 285 g/mol. The molecule has 1 aliphatic rings. The molecule has 5 nitrogen and oxygen atoms in total. The molecule has 0 unspecified atom stereocenters. The van der Waals surface area contributed by atoms with Gasteiger partial charge >= 0.3 is 0 Å². The third-order valence-electron chi connectivity index (χ3n) is 3.91. The molecule has 21 heavy (non-hydrogen) atoms. The number of primary amides is 1. The van der Waals surface area contributed by atoms with Crippen LogP contribution in [-0.2, 0) is 11.3 Å². The Hall–Kier alpha value is -2.17. The molecular formula is C16H19N3O2. The highest BCUT2D eigenvalue weighted by Crippen LogP contribution is 2.41. The summed E-state index contributed by atoms with van der Waals surface area (Å²) in [7, 11) is 0. The average Bonchev–Trinajstić information content (AvgIpc) is 3.25. The van der Waals surface area contributed by atoms with E-state index < -0.39 is 5.91 Å². The summed E-state index contributed by atoms with van der Waals surface area (Å²) in [6, 6.07) is 5.96. The number of hydrogen-bond acceptors (Lipinski definition) is 3. The van der Waals surface area contributed by atoms with Gasteiger partial charge in [0, 0.05) is 5.39 Å². The van der Waals surface area contributed by atoms with Crippen LogP contribution < -0.4 is 11.3 Å². The number of hydrogen-bond donors (Lipinski definition) is 1. The number of rotatable bonds is 4. The van der Waals surface area contributed by atoms with Crippen molar-refractivity contribution in [1.29, 1.82) is 0 Å². The quantitative estimate of drug-likeness (QED) is 0.931. The summed E-state index contributed by atoms with van der Waals surface area (Å²) in [5.74, 6) is 0.234. The van der Waals surface area contributed by atoms with Crippen LogP contribution >= 0.6 is 0 Å². The topological polar surface area (TPSA) is 78.0 Å². The van der Waals surface area contributed by atoms with E-state index in [1.807, 2.05) is 26.0 Å². The molecule has 1 heterocycles. The Morgan fingerprint density at radius 3 is 2.67 bits per heavy atom. The Morgan fingerprint density at radius 1 is 1.38 bits per heavy atom. The van der Waals surface area contributed by atoms with E-state index in [0.29, 0.717) is 11.3 Å². The fourth-order valence-corrected chi connectivity index (χ4v) is 2.68. The van der Waals surface area contributed by atoms with Gasteiger partial charge in [0.25, 0.3) is 5.56 Å². The molecule has 1 amide bonds. The van der Waals surface area contributed by atoms with Crippen LogP contribution in [0.2, 0.25) is 0 Å². The molecule has 2 N–H and O–H groups in total. The molecule has 0 radical (unpaired) electrons. The van der Waals surface area contributed by atoms with Gasteiger partial charge in [-0.25, -0.2) is 4.68 Å². The van der Waals surface area contributed by atoms with Crippen molar-refractivity contribution in [1.82, 2.24) is 9.78 Å². The molecule has 3 rings (SSSR count). The maximum absolute atomic E-state index is 12.4. The lowest BCUT2D eigenvalue weighted by atomic mass is 9.99. The smallest absolute Gasteiger partial charge is 0.275 e. The number of benzene rings is 1. The zero-order valence-electron chi connectivity index (χ0n) is 12.3. The Labute approximate surface area is 122 Å². The number of amides is 1. The highest BCUT2D eigenvalue weighted by molar-refractivity contribution is 5.85. The lowest BCUT2D eigenvalue weighted by Gasteiger charge is -2.13. The normalized spacial score (nSPS) is 14.8. The second-order valence-corrected chi connectivity index (χ2v) is 6.05. The van der Waals surface area contributed by atoms with Crippen LogP contribution in [0.25, 0.3) is 10.8 Å². The Balaban J connectivity index is 2.25. The van der Waals surface area contributed by atoms with E-state index >= 15 is 0 Å². The van der Waals surface area contributed by atoms with E-state index in [2.05, 4.69) is 11.2 Å². The lowest BCUT2D eigenvalue weighted by molar-refractivity contribution is -0.118. The highest BCUT2D eigenvalue weighted by atomic mass is 16.2. The molecule has 1 aromatic carbocycles. The van der Waals surface area contributed by atoms with Crippen molar-refractivity contribution in [2.45, 2.75) is 45.1 Å². The van der Waals surface area contributed by atoms with Gasteiger partial charge in [0.15, 0.2) is 0 Å². The number of carbonyl (C=O) groups excluding carboxylic acids is 1. The van der Waals surface area contributed by atoms with Crippen molar-refractivity contribution in [3.05, 3.63) is 39.8 Å².